The van der Waals surface area contributed by atoms with Gasteiger partial charge in [0.1, 0.15) is 12.7 Å². The third-order valence-corrected chi connectivity index (χ3v) is 11.5. The van der Waals surface area contributed by atoms with Gasteiger partial charge in [-0.05, 0) is 35.6 Å². The zero-order chi connectivity index (χ0) is 40.4. The van der Waals surface area contributed by atoms with Crippen LogP contribution >= 0.6 is 0 Å². The Morgan fingerprint density at radius 2 is 1.34 bits per heavy atom. The summed E-state index contributed by atoms with van der Waals surface area (Å²) in [5.41, 5.74) is 3.22. The summed E-state index contributed by atoms with van der Waals surface area (Å²) in [5.74, 6) is -0.795. The van der Waals surface area contributed by atoms with Crippen LogP contribution in [0.25, 0.3) is 0 Å². The first-order chi connectivity index (χ1) is 28.3. The van der Waals surface area contributed by atoms with E-state index in [4.69, 9.17) is 37.9 Å². The minimum Gasteiger partial charge on any atom is -0.453 e. The van der Waals surface area contributed by atoms with E-state index in [1.165, 1.54) is 0 Å². The number of rotatable bonds is 14. The summed E-state index contributed by atoms with van der Waals surface area (Å²) in [7, 11) is 0. The third-order valence-electron chi connectivity index (χ3n) is 11.5. The lowest BCUT2D eigenvalue weighted by atomic mass is 9.83. The average Bonchev–Trinajstić information content (AvgIpc) is 3.27. The van der Waals surface area contributed by atoms with Gasteiger partial charge in [-0.3, -0.25) is 0 Å². The van der Waals surface area contributed by atoms with Gasteiger partial charge in [0, 0.05) is 30.5 Å². The van der Waals surface area contributed by atoms with Gasteiger partial charge >= 0.3 is 12.1 Å². The van der Waals surface area contributed by atoms with Crippen molar-refractivity contribution in [3.63, 3.8) is 0 Å². The van der Waals surface area contributed by atoms with Gasteiger partial charge in [0.05, 0.1) is 37.1 Å². The minimum atomic E-state index is -0.936. The molecule has 0 radical (unpaired) electrons. The summed E-state index contributed by atoms with van der Waals surface area (Å²) < 4.78 is 51.2. The molecule has 0 aliphatic carbocycles. The van der Waals surface area contributed by atoms with E-state index in [1.54, 1.807) is 29.2 Å². The molecular weight excluding hydrogens is 739 g/mol. The molecule has 0 N–H and O–H groups in total. The largest absolute Gasteiger partial charge is 0.453 e. The Morgan fingerprint density at radius 3 is 2.02 bits per heavy atom. The monoisotopic (exact) mass is 793 g/mol. The van der Waals surface area contributed by atoms with E-state index in [0.717, 1.165) is 16.7 Å². The number of carbonyl (C=O) groups excluding carboxylic acids is 2. The molecule has 7 rings (SSSR count). The normalized spacial score (nSPS) is 29.5. The van der Waals surface area contributed by atoms with Crippen LogP contribution in [-0.4, -0.2) is 79.8 Å². The molecule has 11 atom stereocenters. The smallest absolute Gasteiger partial charge is 0.410 e. The number of hydrogen-bond donors (Lipinski definition) is 0. The molecule has 3 aliphatic heterocycles. The lowest BCUT2D eigenvalue weighted by Gasteiger charge is -2.50. The molecule has 58 heavy (non-hydrogen) atoms. The number of amides is 1. The fourth-order valence-electron chi connectivity index (χ4n) is 7.90. The molecule has 3 aliphatic rings. The fraction of sp³-hybridized carbons (Fsp3) is 0.447. The van der Waals surface area contributed by atoms with Gasteiger partial charge in [-0.1, -0.05) is 137 Å². The van der Waals surface area contributed by atoms with E-state index in [0.29, 0.717) is 25.1 Å². The van der Waals surface area contributed by atoms with Crippen LogP contribution in [0.15, 0.2) is 121 Å². The highest BCUT2D eigenvalue weighted by Gasteiger charge is 2.51. The number of hydrogen-bond acceptors (Lipinski definition) is 10. The number of esters is 1. The maximum atomic E-state index is 13.6. The van der Waals surface area contributed by atoms with Crippen LogP contribution in [0.2, 0.25) is 0 Å². The van der Waals surface area contributed by atoms with Gasteiger partial charge in [-0.2, -0.15) is 0 Å². The van der Waals surface area contributed by atoms with Gasteiger partial charge in [-0.15, -0.1) is 0 Å². The van der Waals surface area contributed by atoms with Gasteiger partial charge in [0.15, 0.2) is 25.0 Å². The van der Waals surface area contributed by atoms with E-state index in [-0.39, 0.29) is 49.7 Å². The van der Waals surface area contributed by atoms with Gasteiger partial charge in [0.2, 0.25) is 0 Å². The number of nitrogens with zero attached hydrogens (tertiary/aromatic N) is 1. The minimum absolute atomic E-state index is 0.0305. The van der Waals surface area contributed by atoms with Crippen molar-refractivity contribution in [3.05, 3.63) is 144 Å². The fourth-order valence-corrected chi connectivity index (χ4v) is 7.90. The number of carbonyl (C=O) groups is 2. The molecule has 0 bridgehead atoms. The Labute approximate surface area is 341 Å². The molecule has 5 unspecified atom stereocenters. The summed E-state index contributed by atoms with van der Waals surface area (Å²) in [5, 5.41) is 0. The van der Waals surface area contributed by atoms with Crippen LogP contribution in [-0.2, 0) is 51.0 Å². The molecule has 11 heteroatoms. The van der Waals surface area contributed by atoms with Gasteiger partial charge in [-0.25, -0.2) is 9.59 Å². The Kier molecular flexibility index (Phi) is 14.2. The van der Waals surface area contributed by atoms with Crippen LogP contribution in [0.4, 0.5) is 4.79 Å². The van der Waals surface area contributed by atoms with Crippen molar-refractivity contribution < 1.29 is 47.5 Å². The van der Waals surface area contributed by atoms with Crippen molar-refractivity contribution in [2.75, 3.05) is 19.8 Å². The molecular formula is C47H55NO10. The van der Waals surface area contributed by atoms with Crippen molar-refractivity contribution in [2.45, 2.75) is 96.7 Å². The van der Waals surface area contributed by atoms with Crippen molar-refractivity contribution in [1.82, 2.24) is 4.90 Å². The van der Waals surface area contributed by atoms with Crippen LogP contribution in [0, 0.1) is 17.8 Å². The molecule has 1 amide bonds. The standard InChI is InChI=1S/C47H55NO10/c1-5-38-41(57-44-32(3)31(2)40-39(55-44)30-52-45(58-40)37-24-16-9-17-25-37)33(4)42(56-43(49)36-22-14-8-15-23-36)46(54-38)51-27-26-48(28-34-18-10-6-11-19-34)47(50)53-29-35-20-12-7-13-21-35/h6-25,31-33,38-42,44-46H,5,26-30H2,1-4H3/t31-,32?,33+,38?,39?,40+,41+,42?,44+,45?,46-/m1/s1. The number of benzene rings is 4. The van der Waals surface area contributed by atoms with E-state index in [9.17, 15) is 9.59 Å². The molecule has 0 spiro atoms. The molecule has 4 aromatic rings. The molecule has 3 heterocycles. The predicted octanol–water partition coefficient (Wildman–Crippen LogP) is 8.34. The van der Waals surface area contributed by atoms with E-state index in [1.807, 2.05) is 111 Å². The first-order valence-corrected chi connectivity index (χ1v) is 20.4. The van der Waals surface area contributed by atoms with Crippen LogP contribution in [0.1, 0.15) is 67.5 Å². The topological polar surface area (TPSA) is 111 Å². The average molecular weight is 794 g/mol. The van der Waals surface area contributed by atoms with Gasteiger partial charge < -0.3 is 42.8 Å². The third kappa shape index (κ3) is 10.1. The highest BCUT2D eigenvalue weighted by Crippen LogP contribution is 2.42. The summed E-state index contributed by atoms with van der Waals surface area (Å²) in [6.07, 6.45) is -4.10. The lowest BCUT2D eigenvalue weighted by molar-refractivity contribution is -0.366. The van der Waals surface area contributed by atoms with Crippen LogP contribution < -0.4 is 0 Å². The predicted molar refractivity (Wildman–Crippen MR) is 215 cm³/mol. The number of fused-ring (bicyclic) bond motifs is 1. The van der Waals surface area contributed by atoms with Crippen LogP contribution in [0.3, 0.4) is 0 Å². The van der Waals surface area contributed by atoms with E-state index >= 15 is 0 Å². The van der Waals surface area contributed by atoms with Gasteiger partial charge in [0.25, 0.3) is 0 Å². The zero-order valence-electron chi connectivity index (χ0n) is 33.7. The highest BCUT2D eigenvalue weighted by atomic mass is 16.8. The van der Waals surface area contributed by atoms with Crippen LogP contribution in [0.5, 0.6) is 0 Å². The first kappa shape index (κ1) is 41.5. The highest BCUT2D eigenvalue weighted by molar-refractivity contribution is 5.89. The number of ether oxygens (including phenoxy) is 8. The van der Waals surface area contributed by atoms with Crippen molar-refractivity contribution in [2.24, 2.45) is 17.8 Å². The van der Waals surface area contributed by atoms with Crippen molar-refractivity contribution in [3.8, 4) is 0 Å². The molecule has 3 saturated heterocycles. The molecule has 0 saturated carbocycles. The van der Waals surface area contributed by atoms with Crippen molar-refractivity contribution >= 4 is 12.1 Å². The second-order valence-corrected chi connectivity index (χ2v) is 15.4. The lowest BCUT2D eigenvalue weighted by Crippen LogP contribution is -2.60. The Bertz CT molecular complexity index is 1870. The molecule has 4 aromatic carbocycles. The SMILES string of the molecule is CCC1O[C@@H](OCCN(Cc2ccccc2)C(=O)OCc2ccccc2)C(OC(=O)c2ccccc2)[C@@H](C)[C@@H]1O[C@@H]1OC2COC(c3ccccc3)O[C@H]2[C@H](C)C1C. The molecule has 11 nitrogen and oxygen atoms in total. The zero-order valence-corrected chi connectivity index (χ0v) is 33.7. The molecule has 3 fully saturated rings. The second-order valence-electron chi connectivity index (χ2n) is 15.4. The Morgan fingerprint density at radius 1 is 0.707 bits per heavy atom. The Hall–Kier alpha value is -4.62. The summed E-state index contributed by atoms with van der Waals surface area (Å²) in [6.45, 7) is 9.43. The molecule has 0 aromatic heterocycles. The summed E-state index contributed by atoms with van der Waals surface area (Å²) >= 11 is 0. The Balaban J connectivity index is 1.04. The second kappa shape index (κ2) is 19.9. The van der Waals surface area contributed by atoms with E-state index < -0.39 is 49.2 Å². The van der Waals surface area contributed by atoms with E-state index in [2.05, 4.69) is 13.8 Å². The summed E-state index contributed by atoms with van der Waals surface area (Å²) in [6, 6.07) is 38.1. The summed E-state index contributed by atoms with van der Waals surface area (Å²) in [4.78, 5) is 28.7. The molecule has 308 valence electrons. The van der Waals surface area contributed by atoms with Crippen molar-refractivity contribution in [1.29, 1.82) is 0 Å². The first-order valence-electron chi connectivity index (χ1n) is 20.4. The quantitative estimate of drug-likeness (QED) is 0.116. The maximum Gasteiger partial charge on any atom is 0.410 e. The maximum absolute atomic E-state index is 13.6.